The van der Waals surface area contributed by atoms with E-state index < -0.39 is 10.8 Å². The molecule has 0 rings (SSSR count). The minimum absolute atomic E-state index is 0.124. The van der Waals surface area contributed by atoms with Crippen LogP contribution in [0, 0.1) is 10.8 Å². The summed E-state index contributed by atoms with van der Waals surface area (Å²) >= 11 is 0. The van der Waals surface area contributed by atoms with Crippen molar-refractivity contribution in [1.29, 1.82) is 0 Å². The Morgan fingerprint density at radius 1 is 0.692 bits per heavy atom. The Kier molecular flexibility index (Phi) is 12.2. The highest BCUT2D eigenvalue weighted by Crippen LogP contribution is 2.18. The lowest BCUT2D eigenvalue weighted by atomic mass is 9.89. The Morgan fingerprint density at radius 3 is 1.46 bits per heavy atom. The zero-order valence-corrected chi connectivity index (χ0v) is 17.9. The van der Waals surface area contributed by atoms with Gasteiger partial charge in [-0.15, -0.1) is 0 Å². The van der Waals surface area contributed by atoms with E-state index in [2.05, 4.69) is 0 Å². The molecule has 0 radical (unpaired) electrons. The topological polar surface area (TPSA) is 65.1 Å². The standard InChI is InChI=1S/C20H39NO5/c1-8-24-11-12-26-14-13-25-10-9-21(15-17(22)19(2,3)4)16-18(23)20(5,6)7/h8-16H2,1-7H3. The van der Waals surface area contributed by atoms with E-state index in [1.54, 1.807) is 0 Å². The highest BCUT2D eigenvalue weighted by molar-refractivity contribution is 5.88. The molecule has 0 spiro atoms. The summed E-state index contributed by atoms with van der Waals surface area (Å²) in [4.78, 5) is 26.6. The van der Waals surface area contributed by atoms with Crippen molar-refractivity contribution in [1.82, 2.24) is 4.90 Å². The average molecular weight is 374 g/mol. The molecule has 6 nitrogen and oxygen atoms in total. The number of ketones is 2. The monoisotopic (exact) mass is 373 g/mol. The number of ether oxygens (including phenoxy) is 3. The van der Waals surface area contributed by atoms with E-state index in [0.29, 0.717) is 46.2 Å². The summed E-state index contributed by atoms with van der Waals surface area (Å²) < 4.78 is 16.1. The lowest BCUT2D eigenvalue weighted by Crippen LogP contribution is -2.43. The van der Waals surface area contributed by atoms with Crippen molar-refractivity contribution in [3.8, 4) is 0 Å². The van der Waals surface area contributed by atoms with Crippen LogP contribution >= 0.6 is 0 Å². The van der Waals surface area contributed by atoms with Gasteiger partial charge >= 0.3 is 0 Å². The highest BCUT2D eigenvalue weighted by atomic mass is 16.5. The van der Waals surface area contributed by atoms with Crippen molar-refractivity contribution in [2.24, 2.45) is 10.8 Å². The number of rotatable bonds is 14. The number of carbonyl (C=O) groups excluding carboxylic acids is 2. The van der Waals surface area contributed by atoms with Crippen LogP contribution in [0.5, 0.6) is 0 Å². The normalized spacial score (nSPS) is 12.6. The summed E-state index contributed by atoms with van der Waals surface area (Å²) in [6.45, 7) is 17.7. The maximum absolute atomic E-state index is 12.3. The fourth-order valence-corrected chi connectivity index (χ4v) is 1.87. The van der Waals surface area contributed by atoms with Gasteiger partial charge in [0, 0.05) is 24.0 Å². The molecule has 0 aromatic heterocycles. The number of Topliss-reactive ketones (excluding diaryl/α,β-unsaturated/α-hetero) is 2. The van der Waals surface area contributed by atoms with E-state index in [0.717, 1.165) is 0 Å². The molecule has 0 N–H and O–H groups in total. The van der Waals surface area contributed by atoms with Crippen LogP contribution < -0.4 is 0 Å². The Balaban J connectivity index is 4.28. The quantitative estimate of drug-likeness (QED) is 0.436. The molecule has 0 heterocycles. The zero-order valence-electron chi connectivity index (χ0n) is 17.9. The third-order valence-corrected chi connectivity index (χ3v) is 3.91. The first kappa shape index (κ1) is 25.2. The van der Waals surface area contributed by atoms with Gasteiger partial charge in [0.05, 0.1) is 46.1 Å². The van der Waals surface area contributed by atoms with Crippen LogP contribution in [0.15, 0.2) is 0 Å². The maximum Gasteiger partial charge on any atom is 0.152 e. The summed E-state index contributed by atoms with van der Waals surface area (Å²) in [5.41, 5.74) is -0.837. The minimum atomic E-state index is -0.418. The summed E-state index contributed by atoms with van der Waals surface area (Å²) in [5.74, 6) is 0.247. The molecule has 0 aliphatic carbocycles. The molecule has 26 heavy (non-hydrogen) atoms. The van der Waals surface area contributed by atoms with E-state index in [-0.39, 0.29) is 24.7 Å². The lowest BCUT2D eigenvalue weighted by molar-refractivity contribution is -0.131. The van der Waals surface area contributed by atoms with Crippen molar-refractivity contribution < 1.29 is 23.8 Å². The molecule has 0 unspecified atom stereocenters. The van der Waals surface area contributed by atoms with Crippen LogP contribution in [-0.4, -0.2) is 75.7 Å². The predicted octanol–water partition coefficient (Wildman–Crippen LogP) is 2.59. The Morgan fingerprint density at radius 2 is 1.08 bits per heavy atom. The number of carbonyl (C=O) groups is 2. The van der Waals surface area contributed by atoms with Crippen LogP contribution in [0.3, 0.4) is 0 Å². The lowest BCUT2D eigenvalue weighted by Gasteiger charge is -2.27. The van der Waals surface area contributed by atoms with Gasteiger partial charge in [0.15, 0.2) is 11.6 Å². The predicted molar refractivity (Wildman–Crippen MR) is 103 cm³/mol. The molecule has 0 saturated carbocycles. The largest absolute Gasteiger partial charge is 0.379 e. The number of hydrogen-bond donors (Lipinski definition) is 0. The Labute approximate surface area is 159 Å². The Bertz CT molecular complexity index is 381. The number of nitrogens with zero attached hydrogens (tertiary/aromatic N) is 1. The van der Waals surface area contributed by atoms with Crippen molar-refractivity contribution in [2.75, 3.05) is 59.3 Å². The van der Waals surface area contributed by atoms with Gasteiger partial charge in [-0.05, 0) is 6.92 Å². The molecule has 0 saturated heterocycles. The fraction of sp³-hybridized carbons (Fsp3) is 0.900. The Hall–Kier alpha value is -0.820. The van der Waals surface area contributed by atoms with Gasteiger partial charge in [0.2, 0.25) is 0 Å². The smallest absolute Gasteiger partial charge is 0.152 e. The molecule has 0 amide bonds. The SMILES string of the molecule is CCOCCOCCOCCN(CC(=O)C(C)(C)C)CC(=O)C(C)(C)C. The van der Waals surface area contributed by atoms with Gasteiger partial charge < -0.3 is 14.2 Å². The average Bonchev–Trinajstić information content (AvgIpc) is 2.51. The highest BCUT2D eigenvalue weighted by Gasteiger charge is 2.27. The second kappa shape index (κ2) is 12.5. The van der Waals surface area contributed by atoms with Crippen molar-refractivity contribution in [2.45, 2.75) is 48.5 Å². The van der Waals surface area contributed by atoms with Crippen LogP contribution in [0.4, 0.5) is 0 Å². The second-order valence-corrected chi connectivity index (χ2v) is 8.48. The summed E-state index contributed by atoms with van der Waals surface area (Å²) in [6.07, 6.45) is 0. The van der Waals surface area contributed by atoms with E-state index in [1.165, 1.54) is 0 Å². The van der Waals surface area contributed by atoms with E-state index >= 15 is 0 Å². The van der Waals surface area contributed by atoms with E-state index in [1.807, 2.05) is 53.4 Å². The summed E-state index contributed by atoms with van der Waals surface area (Å²) in [6, 6.07) is 0. The molecule has 0 aliphatic heterocycles. The summed E-state index contributed by atoms with van der Waals surface area (Å²) in [5, 5.41) is 0. The van der Waals surface area contributed by atoms with E-state index in [4.69, 9.17) is 14.2 Å². The minimum Gasteiger partial charge on any atom is -0.379 e. The first-order valence-corrected chi connectivity index (χ1v) is 9.50. The van der Waals surface area contributed by atoms with Gasteiger partial charge in [0.25, 0.3) is 0 Å². The maximum atomic E-state index is 12.3. The fourth-order valence-electron chi connectivity index (χ4n) is 1.87. The van der Waals surface area contributed by atoms with Crippen molar-refractivity contribution in [3.05, 3.63) is 0 Å². The molecule has 0 atom stereocenters. The molecule has 0 bridgehead atoms. The first-order valence-electron chi connectivity index (χ1n) is 9.50. The zero-order chi connectivity index (χ0) is 20.2. The van der Waals surface area contributed by atoms with Gasteiger partial charge in [-0.3, -0.25) is 14.5 Å². The van der Waals surface area contributed by atoms with Crippen LogP contribution in [0.1, 0.15) is 48.5 Å². The molecule has 0 aromatic carbocycles. The third-order valence-electron chi connectivity index (χ3n) is 3.91. The van der Waals surface area contributed by atoms with Gasteiger partial charge in [0.1, 0.15) is 0 Å². The van der Waals surface area contributed by atoms with Gasteiger partial charge in [-0.25, -0.2) is 0 Å². The van der Waals surface area contributed by atoms with Crippen LogP contribution in [0.25, 0.3) is 0 Å². The number of hydrogen-bond acceptors (Lipinski definition) is 6. The van der Waals surface area contributed by atoms with Crippen molar-refractivity contribution >= 4 is 11.6 Å². The molecule has 0 fully saturated rings. The molecule has 6 heteroatoms. The van der Waals surface area contributed by atoms with Crippen LogP contribution in [0.2, 0.25) is 0 Å². The first-order chi connectivity index (χ1) is 12.0. The second-order valence-electron chi connectivity index (χ2n) is 8.48. The van der Waals surface area contributed by atoms with Gasteiger partial charge in [-0.2, -0.15) is 0 Å². The molecule has 0 aliphatic rings. The summed E-state index contributed by atoms with van der Waals surface area (Å²) in [7, 11) is 0. The van der Waals surface area contributed by atoms with Crippen LogP contribution in [-0.2, 0) is 23.8 Å². The third kappa shape index (κ3) is 12.5. The molecular formula is C20H39NO5. The van der Waals surface area contributed by atoms with Crippen molar-refractivity contribution in [3.63, 3.8) is 0 Å². The molecular weight excluding hydrogens is 334 g/mol. The molecule has 154 valence electrons. The van der Waals surface area contributed by atoms with Gasteiger partial charge in [-0.1, -0.05) is 41.5 Å². The molecule has 0 aromatic rings. The van der Waals surface area contributed by atoms with E-state index in [9.17, 15) is 9.59 Å².